The number of hydrogen-bond donors (Lipinski definition) is 2. The number of pyridine rings is 1. The number of carboxylic acid groups (broad SMARTS) is 1. The van der Waals surface area contributed by atoms with Crippen LogP contribution in [0, 0.1) is 11.6 Å². The van der Waals surface area contributed by atoms with E-state index in [0.717, 1.165) is 16.4 Å². The fourth-order valence-corrected chi connectivity index (χ4v) is 8.93. The number of anilines is 2. The molecular weight excluding hydrogens is 588 g/mol. The number of sulfonamides is 1. The molecule has 1 saturated heterocycles. The summed E-state index contributed by atoms with van der Waals surface area (Å²) in [6, 6.07) is 11.4. The highest BCUT2D eigenvalue weighted by atomic mass is 32.2. The van der Waals surface area contributed by atoms with E-state index in [9.17, 15) is 32.6 Å². The Hall–Kier alpha value is -3.65. The number of aliphatic hydroxyl groups is 1. The van der Waals surface area contributed by atoms with Crippen LogP contribution in [0.15, 0.2) is 63.6 Å². The monoisotopic (exact) mass is 617 g/mol. The Balaban J connectivity index is 2.00. The van der Waals surface area contributed by atoms with E-state index in [0.29, 0.717) is 46.4 Å². The van der Waals surface area contributed by atoms with Crippen molar-refractivity contribution in [1.29, 1.82) is 0 Å². The standard InChI is InChI=1S/C29H29F2N3O6S2/c1-29(2,3)20-15-23(36)33(18-8-5-4-6-9-18)26-24(20)25(34(28(37)38)22-12-11-17(30)14-21(22)31)27(41-26)42(39,40)32-13-7-10-19(32)16-35/h4-6,8-9,11-12,14-15,19,35H,7,10,13,16H2,1-3H3,(H,37,38)/t19-/m1/s1. The highest BCUT2D eigenvalue weighted by Crippen LogP contribution is 2.49. The van der Waals surface area contributed by atoms with Crippen LogP contribution in [0.4, 0.5) is 25.0 Å². The number of nitrogens with zero attached hydrogens (tertiary/aromatic N) is 3. The SMILES string of the molecule is CC(C)(C)c1cc(=O)n(-c2ccccc2)c2sc(S(=O)(=O)N3CCC[C@@H]3CO)c(N(C(=O)O)c3ccc(F)cc3F)c12. The number of aromatic nitrogens is 1. The van der Waals surface area contributed by atoms with Crippen LogP contribution in [0.2, 0.25) is 0 Å². The van der Waals surface area contributed by atoms with E-state index in [1.807, 2.05) is 0 Å². The molecule has 222 valence electrons. The van der Waals surface area contributed by atoms with Gasteiger partial charge in [-0.2, -0.15) is 4.31 Å². The third kappa shape index (κ3) is 5.00. The van der Waals surface area contributed by atoms with Crippen LogP contribution in [-0.2, 0) is 15.4 Å². The van der Waals surface area contributed by atoms with Crippen LogP contribution in [0.3, 0.4) is 0 Å². The molecule has 9 nitrogen and oxygen atoms in total. The van der Waals surface area contributed by atoms with Gasteiger partial charge in [-0.25, -0.2) is 26.9 Å². The van der Waals surface area contributed by atoms with Gasteiger partial charge in [-0.3, -0.25) is 9.36 Å². The van der Waals surface area contributed by atoms with Gasteiger partial charge in [-0.05, 0) is 48.1 Å². The molecule has 13 heteroatoms. The van der Waals surface area contributed by atoms with E-state index in [1.165, 1.54) is 10.6 Å². The van der Waals surface area contributed by atoms with E-state index in [4.69, 9.17) is 0 Å². The van der Waals surface area contributed by atoms with Gasteiger partial charge in [0.1, 0.15) is 16.5 Å². The Kier molecular flexibility index (Phi) is 7.73. The second-order valence-electron chi connectivity index (χ2n) is 11.0. The van der Waals surface area contributed by atoms with Gasteiger partial charge in [-0.15, -0.1) is 11.3 Å². The first kappa shape index (κ1) is 29.8. The summed E-state index contributed by atoms with van der Waals surface area (Å²) in [5.41, 5.74) is -1.47. The van der Waals surface area contributed by atoms with Crippen LogP contribution in [0.5, 0.6) is 0 Å². The van der Waals surface area contributed by atoms with Crippen molar-refractivity contribution >= 4 is 49.0 Å². The largest absolute Gasteiger partial charge is 0.464 e. The maximum Gasteiger partial charge on any atom is 0.416 e. The summed E-state index contributed by atoms with van der Waals surface area (Å²) in [4.78, 5) is 27.2. The van der Waals surface area contributed by atoms with E-state index in [2.05, 4.69) is 0 Å². The van der Waals surface area contributed by atoms with Crippen molar-refractivity contribution < 1.29 is 32.2 Å². The number of carbonyl (C=O) groups is 1. The van der Waals surface area contributed by atoms with Crippen molar-refractivity contribution in [3.05, 3.63) is 82.1 Å². The number of fused-ring (bicyclic) bond motifs is 1. The Morgan fingerprint density at radius 3 is 2.40 bits per heavy atom. The quantitative estimate of drug-likeness (QED) is 0.291. The van der Waals surface area contributed by atoms with Crippen LogP contribution in [0.25, 0.3) is 15.9 Å². The molecule has 0 bridgehead atoms. The third-order valence-corrected chi connectivity index (χ3v) is 10.9. The average molecular weight is 618 g/mol. The molecule has 2 aromatic heterocycles. The lowest BCUT2D eigenvalue weighted by atomic mass is 9.85. The van der Waals surface area contributed by atoms with Gasteiger partial charge >= 0.3 is 6.09 Å². The minimum absolute atomic E-state index is 0.0802. The van der Waals surface area contributed by atoms with Crippen molar-refractivity contribution in [3.63, 3.8) is 0 Å². The predicted molar refractivity (Wildman–Crippen MR) is 157 cm³/mol. The summed E-state index contributed by atoms with van der Waals surface area (Å²) in [6.45, 7) is 4.99. The number of aliphatic hydroxyl groups excluding tert-OH is 1. The number of amides is 1. The van der Waals surface area contributed by atoms with Gasteiger partial charge < -0.3 is 10.2 Å². The number of rotatable bonds is 6. The first-order chi connectivity index (χ1) is 19.8. The molecule has 0 spiro atoms. The molecular formula is C29H29F2N3O6S2. The Bertz CT molecular complexity index is 1850. The third-order valence-electron chi connectivity index (χ3n) is 7.26. The molecule has 2 aromatic carbocycles. The van der Waals surface area contributed by atoms with Crippen LogP contribution in [0.1, 0.15) is 39.2 Å². The molecule has 1 aliphatic heterocycles. The van der Waals surface area contributed by atoms with Crippen LogP contribution < -0.4 is 10.5 Å². The predicted octanol–water partition coefficient (Wildman–Crippen LogP) is 5.59. The van der Waals surface area contributed by atoms with Gasteiger partial charge in [0.05, 0.1) is 23.7 Å². The Labute approximate surface area is 244 Å². The summed E-state index contributed by atoms with van der Waals surface area (Å²) >= 11 is 0.696. The van der Waals surface area contributed by atoms with Crippen molar-refractivity contribution in [2.75, 3.05) is 18.1 Å². The van der Waals surface area contributed by atoms with Crippen molar-refractivity contribution in [3.8, 4) is 5.69 Å². The zero-order chi connectivity index (χ0) is 30.6. The normalized spacial score (nSPS) is 16.3. The molecule has 1 fully saturated rings. The molecule has 1 atom stereocenters. The highest BCUT2D eigenvalue weighted by Gasteiger charge is 2.42. The summed E-state index contributed by atoms with van der Waals surface area (Å²) in [5, 5.41) is 20.6. The van der Waals surface area contributed by atoms with Gasteiger partial charge in [0, 0.05) is 30.1 Å². The first-order valence-electron chi connectivity index (χ1n) is 13.2. The first-order valence-corrected chi connectivity index (χ1v) is 15.4. The average Bonchev–Trinajstić information content (AvgIpc) is 3.56. The van der Waals surface area contributed by atoms with Crippen molar-refractivity contribution in [2.24, 2.45) is 0 Å². The van der Waals surface area contributed by atoms with Gasteiger partial charge in [-0.1, -0.05) is 39.0 Å². The second kappa shape index (κ2) is 10.9. The lowest BCUT2D eigenvalue weighted by Crippen LogP contribution is -2.38. The number of thiophene rings is 1. The summed E-state index contributed by atoms with van der Waals surface area (Å²) in [6.07, 6.45) is -0.844. The lowest BCUT2D eigenvalue weighted by molar-refractivity contribution is 0.204. The number of benzene rings is 2. The molecule has 0 aliphatic carbocycles. The maximum absolute atomic E-state index is 15.3. The Morgan fingerprint density at radius 1 is 1.12 bits per heavy atom. The highest BCUT2D eigenvalue weighted by molar-refractivity contribution is 7.91. The van der Waals surface area contributed by atoms with E-state index < -0.39 is 61.3 Å². The molecule has 3 heterocycles. The fraction of sp³-hybridized carbons (Fsp3) is 0.310. The van der Waals surface area contributed by atoms with Gasteiger partial charge in [0.25, 0.3) is 15.6 Å². The maximum atomic E-state index is 15.3. The molecule has 1 aliphatic rings. The number of hydrogen-bond acceptors (Lipinski definition) is 6. The Morgan fingerprint density at radius 2 is 1.81 bits per heavy atom. The summed E-state index contributed by atoms with van der Waals surface area (Å²) < 4.78 is 59.8. The van der Waals surface area contributed by atoms with Gasteiger partial charge in [0.15, 0.2) is 4.21 Å². The fourth-order valence-electron chi connectivity index (χ4n) is 5.34. The van der Waals surface area contributed by atoms with Crippen molar-refractivity contribution in [1.82, 2.24) is 8.87 Å². The zero-order valence-electron chi connectivity index (χ0n) is 23.0. The minimum atomic E-state index is -4.50. The van der Waals surface area contributed by atoms with Gasteiger partial charge in [0.2, 0.25) is 0 Å². The van der Waals surface area contributed by atoms with E-state index in [-0.39, 0.29) is 22.4 Å². The molecule has 0 unspecified atom stereocenters. The van der Waals surface area contributed by atoms with E-state index in [1.54, 1.807) is 51.1 Å². The summed E-state index contributed by atoms with van der Waals surface area (Å²) in [7, 11) is -4.50. The van der Waals surface area contributed by atoms with Crippen molar-refractivity contribution in [2.45, 2.75) is 49.3 Å². The molecule has 4 aromatic rings. The lowest BCUT2D eigenvalue weighted by Gasteiger charge is -2.27. The van der Waals surface area contributed by atoms with E-state index >= 15 is 4.39 Å². The zero-order valence-corrected chi connectivity index (χ0v) is 24.7. The summed E-state index contributed by atoms with van der Waals surface area (Å²) in [5.74, 6) is -2.16. The minimum Gasteiger partial charge on any atom is -0.464 e. The molecule has 0 radical (unpaired) electrons. The molecule has 5 rings (SSSR count). The molecule has 1 amide bonds. The second-order valence-corrected chi connectivity index (χ2v) is 14.1. The van der Waals surface area contributed by atoms with Crippen LogP contribution >= 0.6 is 11.3 Å². The molecule has 2 N–H and O–H groups in total. The molecule has 42 heavy (non-hydrogen) atoms. The number of para-hydroxylation sites is 1. The van der Waals surface area contributed by atoms with Crippen LogP contribution in [-0.4, -0.2) is 52.8 Å². The molecule has 0 saturated carbocycles. The topological polar surface area (TPSA) is 120 Å². The number of halogens is 2. The smallest absolute Gasteiger partial charge is 0.416 e.